The molecule has 0 atom stereocenters. The molecule has 10 heteroatoms. The van der Waals surface area contributed by atoms with Crippen LogP contribution in [0, 0.1) is 0 Å². The number of hydrogen-bond donors (Lipinski definition) is 3. The SMILES string of the molecule is O=C(Nc1cc(-c2ccc(Cl)cc2)[nH]n1)n1ccc2cc(Oc3ncnc4c3CCNC4)ccc21. The molecule has 35 heavy (non-hydrogen) atoms. The summed E-state index contributed by atoms with van der Waals surface area (Å²) in [7, 11) is 0. The van der Waals surface area contributed by atoms with Gasteiger partial charge in [-0.05, 0) is 54.9 Å². The van der Waals surface area contributed by atoms with E-state index >= 15 is 0 Å². The van der Waals surface area contributed by atoms with Gasteiger partial charge in [-0.2, -0.15) is 5.10 Å². The second-order valence-electron chi connectivity index (χ2n) is 8.14. The largest absolute Gasteiger partial charge is 0.439 e. The van der Waals surface area contributed by atoms with E-state index in [1.165, 1.54) is 10.9 Å². The Balaban J connectivity index is 1.20. The predicted molar refractivity (Wildman–Crippen MR) is 133 cm³/mol. The molecule has 0 radical (unpaired) electrons. The smallest absolute Gasteiger partial charge is 0.331 e. The maximum atomic E-state index is 12.9. The highest BCUT2D eigenvalue weighted by molar-refractivity contribution is 6.30. The third-order valence-corrected chi connectivity index (χ3v) is 6.15. The molecule has 1 aliphatic rings. The van der Waals surface area contributed by atoms with Crippen LogP contribution in [0.25, 0.3) is 22.2 Å². The summed E-state index contributed by atoms with van der Waals surface area (Å²) in [5, 5.41) is 14.8. The van der Waals surface area contributed by atoms with E-state index in [9.17, 15) is 4.79 Å². The van der Waals surface area contributed by atoms with E-state index in [0.29, 0.717) is 29.0 Å². The number of aromatic amines is 1. The summed E-state index contributed by atoms with van der Waals surface area (Å²) < 4.78 is 7.63. The number of nitrogens with zero attached hydrogens (tertiary/aromatic N) is 4. The van der Waals surface area contributed by atoms with Gasteiger partial charge in [-0.1, -0.05) is 23.7 Å². The number of H-pyrrole nitrogens is 1. The van der Waals surface area contributed by atoms with Crippen LogP contribution in [-0.4, -0.2) is 37.3 Å². The Morgan fingerprint density at radius 3 is 2.86 bits per heavy atom. The number of rotatable bonds is 4. The van der Waals surface area contributed by atoms with Crippen molar-refractivity contribution in [2.45, 2.75) is 13.0 Å². The van der Waals surface area contributed by atoms with Crippen LogP contribution in [0.15, 0.2) is 67.1 Å². The lowest BCUT2D eigenvalue weighted by Gasteiger charge is -2.18. The Hall–Kier alpha value is -4.21. The Morgan fingerprint density at radius 1 is 1.09 bits per heavy atom. The highest BCUT2D eigenvalue weighted by atomic mass is 35.5. The highest BCUT2D eigenvalue weighted by Gasteiger charge is 2.17. The van der Waals surface area contributed by atoms with Crippen LogP contribution < -0.4 is 15.4 Å². The zero-order valence-corrected chi connectivity index (χ0v) is 19.2. The first kappa shape index (κ1) is 21.3. The van der Waals surface area contributed by atoms with Crippen molar-refractivity contribution in [3.05, 3.63) is 83.4 Å². The number of fused-ring (bicyclic) bond motifs is 2. The van der Waals surface area contributed by atoms with E-state index in [4.69, 9.17) is 16.3 Å². The molecular formula is C25H20ClN7O2. The molecule has 9 nitrogen and oxygen atoms in total. The Bertz CT molecular complexity index is 1540. The number of halogens is 1. The van der Waals surface area contributed by atoms with Crippen LogP contribution in [0.2, 0.25) is 5.02 Å². The molecule has 1 aliphatic heterocycles. The molecule has 3 aromatic heterocycles. The second-order valence-corrected chi connectivity index (χ2v) is 8.58. The average Bonchev–Trinajstić information content (AvgIpc) is 3.52. The molecule has 1 amide bonds. The zero-order valence-electron chi connectivity index (χ0n) is 18.5. The van der Waals surface area contributed by atoms with Crippen LogP contribution in [0.4, 0.5) is 10.6 Å². The molecule has 0 fully saturated rings. The summed E-state index contributed by atoms with van der Waals surface area (Å²) in [5.74, 6) is 1.64. The summed E-state index contributed by atoms with van der Waals surface area (Å²) in [5.41, 5.74) is 4.43. The summed E-state index contributed by atoms with van der Waals surface area (Å²) in [6.07, 6.45) is 4.06. The lowest BCUT2D eigenvalue weighted by molar-refractivity contribution is 0.254. The van der Waals surface area contributed by atoms with Crippen molar-refractivity contribution in [3.63, 3.8) is 0 Å². The molecule has 174 valence electrons. The van der Waals surface area contributed by atoms with Crippen molar-refractivity contribution >= 4 is 34.4 Å². The number of nitrogens with one attached hydrogen (secondary N) is 3. The van der Waals surface area contributed by atoms with Gasteiger partial charge in [0.2, 0.25) is 5.88 Å². The molecule has 0 unspecified atom stereocenters. The molecule has 4 heterocycles. The standard InChI is InChI=1S/C25H20ClN7O2/c26-17-3-1-15(2-4-17)20-12-23(32-31-20)30-25(34)33-10-8-16-11-18(5-6-22(16)33)35-24-19-7-9-27-13-21(19)28-14-29-24/h1-6,8,10-12,14,27H,7,9,13H2,(H2,30,31,32,34). The summed E-state index contributed by atoms with van der Waals surface area (Å²) in [6.45, 7) is 1.58. The second kappa shape index (κ2) is 8.86. The van der Waals surface area contributed by atoms with Gasteiger partial charge < -0.3 is 10.1 Å². The van der Waals surface area contributed by atoms with E-state index in [-0.39, 0.29) is 6.03 Å². The minimum atomic E-state index is -0.319. The Morgan fingerprint density at radius 2 is 1.97 bits per heavy atom. The Kier molecular flexibility index (Phi) is 5.40. The molecule has 6 rings (SSSR count). The Labute approximate surface area is 205 Å². The number of ether oxygens (including phenoxy) is 1. The van der Waals surface area contributed by atoms with Crippen LogP contribution >= 0.6 is 11.6 Å². The molecular weight excluding hydrogens is 466 g/mol. The van der Waals surface area contributed by atoms with Gasteiger partial charge in [0.25, 0.3) is 0 Å². The fraction of sp³-hybridized carbons (Fsp3) is 0.120. The van der Waals surface area contributed by atoms with E-state index in [2.05, 4.69) is 30.8 Å². The first-order valence-electron chi connectivity index (χ1n) is 11.1. The predicted octanol–water partition coefficient (Wildman–Crippen LogP) is 4.99. The number of amides is 1. The fourth-order valence-electron chi connectivity index (χ4n) is 4.15. The molecule has 5 aromatic rings. The third kappa shape index (κ3) is 4.23. The van der Waals surface area contributed by atoms with Gasteiger partial charge in [0.05, 0.1) is 16.9 Å². The van der Waals surface area contributed by atoms with Gasteiger partial charge in [-0.15, -0.1) is 0 Å². The van der Waals surface area contributed by atoms with Gasteiger partial charge in [-0.3, -0.25) is 15.0 Å². The monoisotopic (exact) mass is 485 g/mol. The molecule has 0 spiro atoms. The first-order valence-corrected chi connectivity index (χ1v) is 11.5. The van der Waals surface area contributed by atoms with Crippen molar-refractivity contribution < 1.29 is 9.53 Å². The fourth-order valence-corrected chi connectivity index (χ4v) is 4.27. The number of carbonyl (C=O) groups is 1. The van der Waals surface area contributed by atoms with Gasteiger partial charge in [-0.25, -0.2) is 14.8 Å². The normalized spacial score (nSPS) is 12.9. The number of aromatic nitrogens is 5. The van der Waals surface area contributed by atoms with Gasteiger partial charge in [0.1, 0.15) is 12.1 Å². The number of anilines is 1. The topological polar surface area (TPSA) is 110 Å². The van der Waals surface area contributed by atoms with Crippen LogP contribution in [0.1, 0.15) is 11.3 Å². The van der Waals surface area contributed by atoms with Crippen molar-refractivity contribution in [2.24, 2.45) is 0 Å². The zero-order chi connectivity index (χ0) is 23.8. The van der Waals surface area contributed by atoms with Crippen molar-refractivity contribution in [1.29, 1.82) is 0 Å². The third-order valence-electron chi connectivity index (χ3n) is 5.90. The first-order chi connectivity index (χ1) is 17.1. The van der Waals surface area contributed by atoms with Gasteiger partial charge in [0, 0.05) is 34.8 Å². The maximum Gasteiger partial charge on any atom is 0.331 e. The summed E-state index contributed by atoms with van der Waals surface area (Å²) in [6, 6.07) is 16.3. The van der Waals surface area contributed by atoms with E-state index in [0.717, 1.165) is 46.4 Å². The van der Waals surface area contributed by atoms with Gasteiger partial charge >= 0.3 is 6.03 Å². The number of benzene rings is 2. The molecule has 0 saturated heterocycles. The van der Waals surface area contributed by atoms with Crippen molar-refractivity contribution in [1.82, 2.24) is 30.0 Å². The average molecular weight is 486 g/mol. The van der Waals surface area contributed by atoms with Crippen LogP contribution in [0.3, 0.4) is 0 Å². The van der Waals surface area contributed by atoms with E-state index in [1.807, 2.05) is 36.4 Å². The quantitative estimate of drug-likeness (QED) is 0.330. The molecule has 0 bridgehead atoms. The summed E-state index contributed by atoms with van der Waals surface area (Å²) in [4.78, 5) is 21.6. The lowest BCUT2D eigenvalue weighted by Crippen LogP contribution is -2.25. The lowest BCUT2D eigenvalue weighted by atomic mass is 10.1. The molecule has 3 N–H and O–H groups in total. The van der Waals surface area contributed by atoms with E-state index < -0.39 is 0 Å². The van der Waals surface area contributed by atoms with Gasteiger partial charge in [0.15, 0.2) is 5.82 Å². The van der Waals surface area contributed by atoms with Crippen molar-refractivity contribution in [2.75, 3.05) is 11.9 Å². The molecule has 0 aliphatic carbocycles. The highest BCUT2D eigenvalue weighted by Crippen LogP contribution is 2.29. The van der Waals surface area contributed by atoms with Crippen molar-refractivity contribution in [3.8, 4) is 22.9 Å². The minimum Gasteiger partial charge on any atom is -0.439 e. The minimum absolute atomic E-state index is 0.319. The summed E-state index contributed by atoms with van der Waals surface area (Å²) >= 11 is 5.95. The van der Waals surface area contributed by atoms with Crippen LogP contribution in [-0.2, 0) is 13.0 Å². The number of hydrogen-bond acceptors (Lipinski definition) is 6. The molecule has 0 saturated carbocycles. The van der Waals surface area contributed by atoms with Crippen LogP contribution in [0.5, 0.6) is 11.6 Å². The molecule has 2 aromatic carbocycles. The number of carbonyl (C=O) groups excluding carboxylic acids is 1. The van der Waals surface area contributed by atoms with E-state index in [1.54, 1.807) is 24.4 Å². The maximum absolute atomic E-state index is 12.9.